The Labute approximate surface area is 84.0 Å². The summed E-state index contributed by atoms with van der Waals surface area (Å²) < 4.78 is 4.90. The van der Waals surface area contributed by atoms with Crippen LogP contribution in [0.1, 0.15) is 39.0 Å². The van der Waals surface area contributed by atoms with Crippen molar-refractivity contribution < 1.29 is 14.3 Å². The second-order valence-electron chi connectivity index (χ2n) is 3.00. The largest absolute Gasteiger partial charge is 0.466 e. The molecular formula is C9H18N2O3. The fourth-order valence-corrected chi connectivity index (χ4v) is 0.922. The molecule has 0 saturated heterocycles. The molecule has 0 aliphatic heterocycles. The van der Waals surface area contributed by atoms with Gasteiger partial charge in [0.15, 0.2) is 0 Å². The van der Waals surface area contributed by atoms with Crippen LogP contribution in [0.25, 0.3) is 0 Å². The molecule has 0 radical (unpaired) electrons. The van der Waals surface area contributed by atoms with Crippen LogP contribution in [-0.4, -0.2) is 18.5 Å². The molecule has 0 saturated carbocycles. The second kappa shape index (κ2) is 8.50. The van der Waals surface area contributed by atoms with Gasteiger partial charge >= 0.3 is 5.97 Å². The zero-order valence-corrected chi connectivity index (χ0v) is 8.54. The summed E-state index contributed by atoms with van der Waals surface area (Å²) in [5, 5.41) is 0. The standard InChI is InChI=1S/C9H18N2O3/c1-2-5-9(13)14-7-4-3-6-8(12)11-10/h2-7,10H2,1H3,(H,11,12). The van der Waals surface area contributed by atoms with Gasteiger partial charge in [-0.2, -0.15) is 0 Å². The van der Waals surface area contributed by atoms with E-state index in [1.54, 1.807) is 0 Å². The van der Waals surface area contributed by atoms with Crippen LogP contribution in [0.2, 0.25) is 0 Å². The number of carbonyl (C=O) groups is 2. The first kappa shape index (κ1) is 12.9. The van der Waals surface area contributed by atoms with E-state index in [0.717, 1.165) is 6.42 Å². The van der Waals surface area contributed by atoms with Gasteiger partial charge in [-0.15, -0.1) is 0 Å². The summed E-state index contributed by atoms with van der Waals surface area (Å²) in [5.74, 6) is 4.53. The predicted molar refractivity (Wildman–Crippen MR) is 52.0 cm³/mol. The molecular weight excluding hydrogens is 184 g/mol. The van der Waals surface area contributed by atoms with E-state index in [1.165, 1.54) is 0 Å². The Kier molecular flexibility index (Phi) is 7.83. The van der Waals surface area contributed by atoms with Gasteiger partial charge < -0.3 is 4.74 Å². The number of carbonyl (C=O) groups excluding carboxylic acids is 2. The van der Waals surface area contributed by atoms with E-state index in [4.69, 9.17) is 10.6 Å². The lowest BCUT2D eigenvalue weighted by Crippen LogP contribution is -2.29. The number of hydrazine groups is 1. The molecule has 0 aromatic rings. The quantitative estimate of drug-likeness (QED) is 0.207. The molecule has 0 fully saturated rings. The third kappa shape index (κ3) is 7.54. The van der Waals surface area contributed by atoms with Crippen molar-refractivity contribution in [3.8, 4) is 0 Å². The molecule has 1 amide bonds. The Bertz CT molecular complexity index is 183. The van der Waals surface area contributed by atoms with E-state index in [-0.39, 0.29) is 11.9 Å². The molecule has 5 heteroatoms. The molecule has 0 aliphatic carbocycles. The molecule has 0 unspecified atom stereocenters. The number of hydrogen-bond acceptors (Lipinski definition) is 4. The van der Waals surface area contributed by atoms with Crippen molar-refractivity contribution in [2.24, 2.45) is 5.84 Å². The second-order valence-corrected chi connectivity index (χ2v) is 3.00. The Balaban J connectivity index is 3.21. The van der Waals surface area contributed by atoms with Crippen LogP contribution >= 0.6 is 0 Å². The monoisotopic (exact) mass is 202 g/mol. The van der Waals surface area contributed by atoms with Gasteiger partial charge in [0.25, 0.3) is 0 Å². The predicted octanol–water partition coefficient (Wildman–Crippen LogP) is 0.490. The molecule has 0 spiro atoms. The Morgan fingerprint density at radius 2 is 2.00 bits per heavy atom. The number of nitrogens with two attached hydrogens (primary N) is 1. The Hall–Kier alpha value is -1.10. The van der Waals surface area contributed by atoms with Crippen molar-refractivity contribution in [3.63, 3.8) is 0 Å². The van der Waals surface area contributed by atoms with Crippen LogP contribution in [-0.2, 0) is 14.3 Å². The number of esters is 1. The zero-order valence-electron chi connectivity index (χ0n) is 8.54. The van der Waals surface area contributed by atoms with Crippen molar-refractivity contribution in [2.75, 3.05) is 6.61 Å². The maximum absolute atomic E-state index is 10.9. The van der Waals surface area contributed by atoms with Crippen LogP contribution in [0.15, 0.2) is 0 Å². The summed E-state index contributed by atoms with van der Waals surface area (Å²) in [6, 6.07) is 0. The van der Waals surface area contributed by atoms with E-state index in [0.29, 0.717) is 32.3 Å². The van der Waals surface area contributed by atoms with E-state index < -0.39 is 0 Å². The van der Waals surface area contributed by atoms with E-state index in [1.807, 2.05) is 12.3 Å². The molecule has 0 bridgehead atoms. The van der Waals surface area contributed by atoms with Crippen LogP contribution in [0.5, 0.6) is 0 Å². The highest BCUT2D eigenvalue weighted by atomic mass is 16.5. The molecule has 0 aromatic heterocycles. The van der Waals surface area contributed by atoms with Gasteiger partial charge in [0.05, 0.1) is 6.61 Å². The fraction of sp³-hybridized carbons (Fsp3) is 0.778. The van der Waals surface area contributed by atoms with Crippen LogP contribution in [0.4, 0.5) is 0 Å². The highest BCUT2D eigenvalue weighted by Crippen LogP contribution is 1.97. The fourth-order valence-electron chi connectivity index (χ4n) is 0.922. The lowest BCUT2D eigenvalue weighted by Gasteiger charge is -2.03. The van der Waals surface area contributed by atoms with E-state index >= 15 is 0 Å². The molecule has 0 aromatic carbocycles. The minimum atomic E-state index is -0.190. The number of ether oxygens (including phenoxy) is 1. The van der Waals surface area contributed by atoms with Crippen molar-refractivity contribution in [3.05, 3.63) is 0 Å². The summed E-state index contributed by atoms with van der Waals surface area (Å²) in [7, 11) is 0. The SMILES string of the molecule is CCCC(=O)OCCCCC(=O)NN. The van der Waals surface area contributed by atoms with Crippen molar-refractivity contribution in [1.82, 2.24) is 5.43 Å². The van der Waals surface area contributed by atoms with Crippen LogP contribution in [0.3, 0.4) is 0 Å². The highest BCUT2D eigenvalue weighted by molar-refractivity contribution is 5.75. The molecule has 0 atom stereocenters. The number of rotatable bonds is 7. The van der Waals surface area contributed by atoms with Gasteiger partial charge in [0.2, 0.25) is 5.91 Å². The average Bonchev–Trinajstić information content (AvgIpc) is 2.17. The summed E-state index contributed by atoms with van der Waals surface area (Å²) in [6.07, 6.45) is 3.02. The van der Waals surface area contributed by atoms with Gasteiger partial charge in [-0.3, -0.25) is 15.0 Å². The number of unbranched alkanes of at least 4 members (excludes halogenated alkanes) is 1. The summed E-state index contributed by atoms with van der Waals surface area (Å²) in [6.45, 7) is 2.31. The normalized spacial score (nSPS) is 9.57. The van der Waals surface area contributed by atoms with Crippen molar-refractivity contribution in [1.29, 1.82) is 0 Å². The maximum Gasteiger partial charge on any atom is 0.305 e. The van der Waals surface area contributed by atoms with E-state index in [2.05, 4.69) is 0 Å². The lowest BCUT2D eigenvalue weighted by molar-refractivity contribution is -0.143. The Morgan fingerprint density at radius 3 is 2.57 bits per heavy atom. The molecule has 0 aliphatic rings. The van der Waals surface area contributed by atoms with Gasteiger partial charge in [0, 0.05) is 12.8 Å². The molecule has 82 valence electrons. The van der Waals surface area contributed by atoms with Gasteiger partial charge in [0.1, 0.15) is 0 Å². The molecule has 0 rings (SSSR count). The molecule has 3 N–H and O–H groups in total. The Morgan fingerprint density at radius 1 is 1.29 bits per heavy atom. The minimum absolute atomic E-state index is 0.171. The van der Waals surface area contributed by atoms with Crippen molar-refractivity contribution in [2.45, 2.75) is 39.0 Å². The first-order valence-electron chi connectivity index (χ1n) is 4.85. The van der Waals surface area contributed by atoms with Gasteiger partial charge in [-0.25, -0.2) is 5.84 Å². The third-order valence-electron chi connectivity index (χ3n) is 1.68. The first-order valence-corrected chi connectivity index (χ1v) is 4.85. The highest BCUT2D eigenvalue weighted by Gasteiger charge is 2.01. The van der Waals surface area contributed by atoms with E-state index in [9.17, 15) is 9.59 Å². The third-order valence-corrected chi connectivity index (χ3v) is 1.68. The first-order chi connectivity index (χ1) is 6.70. The minimum Gasteiger partial charge on any atom is -0.466 e. The summed E-state index contributed by atoms with van der Waals surface area (Å²) in [5.41, 5.74) is 2.04. The van der Waals surface area contributed by atoms with Gasteiger partial charge in [-0.1, -0.05) is 6.92 Å². The van der Waals surface area contributed by atoms with Crippen LogP contribution < -0.4 is 11.3 Å². The number of hydrogen-bond donors (Lipinski definition) is 2. The number of nitrogens with one attached hydrogen (secondary N) is 1. The molecule has 5 nitrogen and oxygen atoms in total. The molecule has 14 heavy (non-hydrogen) atoms. The topological polar surface area (TPSA) is 81.4 Å². The van der Waals surface area contributed by atoms with Crippen LogP contribution in [0, 0.1) is 0 Å². The zero-order chi connectivity index (χ0) is 10.8. The number of amides is 1. The van der Waals surface area contributed by atoms with Crippen molar-refractivity contribution >= 4 is 11.9 Å². The average molecular weight is 202 g/mol. The summed E-state index contributed by atoms with van der Waals surface area (Å²) in [4.78, 5) is 21.5. The lowest BCUT2D eigenvalue weighted by atomic mass is 10.2. The maximum atomic E-state index is 10.9. The smallest absolute Gasteiger partial charge is 0.305 e. The molecule has 0 heterocycles. The van der Waals surface area contributed by atoms with Gasteiger partial charge in [-0.05, 0) is 19.3 Å². The summed E-state index contributed by atoms with van der Waals surface area (Å²) >= 11 is 0.